The van der Waals surface area contributed by atoms with Crippen LogP contribution in [0.3, 0.4) is 0 Å². The molecule has 1 saturated carbocycles. The van der Waals surface area contributed by atoms with Crippen molar-refractivity contribution >= 4 is 17.3 Å². The fraction of sp³-hybridized carbons (Fsp3) is 0.400. The Labute approximate surface area is 105 Å². The maximum Gasteiger partial charge on any atom is 0.167 e. The number of rotatable bonds is 1. The third-order valence-corrected chi connectivity index (χ3v) is 4.06. The van der Waals surface area contributed by atoms with Crippen molar-refractivity contribution in [3.05, 3.63) is 35.4 Å². The van der Waals surface area contributed by atoms with Gasteiger partial charge in [0.2, 0.25) is 0 Å². The van der Waals surface area contributed by atoms with Gasteiger partial charge in [-0.25, -0.2) is 0 Å². The van der Waals surface area contributed by atoms with E-state index in [1.807, 2.05) is 24.3 Å². The second-order valence-corrected chi connectivity index (χ2v) is 5.16. The van der Waals surface area contributed by atoms with Crippen LogP contribution in [0.2, 0.25) is 0 Å². The standard InChI is InChI=1S/C15H14O3/c16-10-5-6-12(14(17)8-10)13-7-9-3-1-2-4-11(9)15(13)18/h1-4,12-13H,5-8H2. The zero-order valence-corrected chi connectivity index (χ0v) is 10.0. The Kier molecular flexibility index (Phi) is 2.62. The lowest BCUT2D eigenvalue weighted by molar-refractivity contribution is -0.133. The summed E-state index contributed by atoms with van der Waals surface area (Å²) in [6.45, 7) is 0. The highest BCUT2D eigenvalue weighted by atomic mass is 16.2. The largest absolute Gasteiger partial charge is 0.299 e. The summed E-state index contributed by atoms with van der Waals surface area (Å²) in [6.07, 6.45) is 1.66. The van der Waals surface area contributed by atoms with Crippen LogP contribution >= 0.6 is 0 Å². The van der Waals surface area contributed by atoms with Gasteiger partial charge in [0.05, 0.1) is 6.42 Å². The molecule has 2 aliphatic rings. The maximum absolute atomic E-state index is 12.3. The van der Waals surface area contributed by atoms with Crippen molar-refractivity contribution in [2.75, 3.05) is 0 Å². The van der Waals surface area contributed by atoms with E-state index in [1.54, 1.807) is 0 Å². The quantitative estimate of drug-likeness (QED) is 0.707. The molecule has 2 aliphatic carbocycles. The first-order valence-corrected chi connectivity index (χ1v) is 6.33. The van der Waals surface area contributed by atoms with Gasteiger partial charge in [0.15, 0.2) is 5.78 Å². The molecule has 2 atom stereocenters. The molecule has 0 bridgehead atoms. The Bertz CT molecular complexity index is 544. The van der Waals surface area contributed by atoms with Gasteiger partial charge in [-0.1, -0.05) is 24.3 Å². The van der Waals surface area contributed by atoms with Crippen LogP contribution in [-0.4, -0.2) is 17.3 Å². The molecule has 3 nitrogen and oxygen atoms in total. The van der Waals surface area contributed by atoms with E-state index in [9.17, 15) is 14.4 Å². The molecule has 0 radical (unpaired) electrons. The average molecular weight is 242 g/mol. The Hall–Kier alpha value is -1.77. The number of hydrogen-bond acceptors (Lipinski definition) is 3. The van der Waals surface area contributed by atoms with Gasteiger partial charge in [-0.15, -0.1) is 0 Å². The molecule has 18 heavy (non-hydrogen) atoms. The Morgan fingerprint density at radius 2 is 1.78 bits per heavy atom. The number of fused-ring (bicyclic) bond motifs is 1. The summed E-state index contributed by atoms with van der Waals surface area (Å²) >= 11 is 0. The van der Waals surface area contributed by atoms with Crippen molar-refractivity contribution in [3.63, 3.8) is 0 Å². The summed E-state index contributed by atoms with van der Waals surface area (Å²) in [6, 6.07) is 7.55. The molecule has 2 unspecified atom stereocenters. The zero-order chi connectivity index (χ0) is 12.7. The van der Waals surface area contributed by atoms with Crippen molar-refractivity contribution in [2.45, 2.75) is 25.7 Å². The second kappa shape index (κ2) is 4.16. The van der Waals surface area contributed by atoms with E-state index in [0.29, 0.717) is 19.3 Å². The van der Waals surface area contributed by atoms with Crippen LogP contribution in [0.5, 0.6) is 0 Å². The van der Waals surface area contributed by atoms with Gasteiger partial charge in [-0.05, 0) is 18.4 Å². The lowest BCUT2D eigenvalue weighted by atomic mass is 9.77. The lowest BCUT2D eigenvalue weighted by Crippen LogP contribution is -2.33. The van der Waals surface area contributed by atoms with Crippen LogP contribution in [0.1, 0.15) is 35.2 Å². The van der Waals surface area contributed by atoms with Gasteiger partial charge < -0.3 is 0 Å². The molecule has 1 aromatic carbocycles. The molecule has 0 heterocycles. The molecule has 0 aliphatic heterocycles. The molecule has 0 saturated heterocycles. The van der Waals surface area contributed by atoms with E-state index in [2.05, 4.69) is 0 Å². The summed E-state index contributed by atoms with van der Waals surface area (Å²) in [5, 5.41) is 0. The van der Waals surface area contributed by atoms with E-state index < -0.39 is 0 Å². The molecule has 1 aromatic rings. The molecule has 0 aromatic heterocycles. The number of carbonyl (C=O) groups excluding carboxylic acids is 3. The summed E-state index contributed by atoms with van der Waals surface area (Å²) < 4.78 is 0. The van der Waals surface area contributed by atoms with Crippen LogP contribution in [0.25, 0.3) is 0 Å². The molecule has 92 valence electrons. The minimum atomic E-state index is -0.248. The predicted octanol–water partition coefficient (Wildman–Crippen LogP) is 1.98. The van der Waals surface area contributed by atoms with E-state index in [-0.39, 0.29) is 35.6 Å². The first-order valence-electron chi connectivity index (χ1n) is 6.33. The Balaban J connectivity index is 1.86. The van der Waals surface area contributed by atoms with Crippen LogP contribution in [0.4, 0.5) is 0 Å². The van der Waals surface area contributed by atoms with Crippen molar-refractivity contribution in [3.8, 4) is 0 Å². The third-order valence-electron chi connectivity index (χ3n) is 4.06. The topological polar surface area (TPSA) is 51.2 Å². The minimum absolute atomic E-state index is 0.0132. The molecule has 0 amide bonds. The van der Waals surface area contributed by atoms with E-state index in [1.165, 1.54) is 0 Å². The minimum Gasteiger partial charge on any atom is -0.299 e. The maximum atomic E-state index is 12.3. The smallest absolute Gasteiger partial charge is 0.167 e. The van der Waals surface area contributed by atoms with E-state index in [0.717, 1.165) is 11.1 Å². The average Bonchev–Trinajstić information content (AvgIpc) is 2.68. The van der Waals surface area contributed by atoms with Crippen molar-refractivity contribution in [1.82, 2.24) is 0 Å². The number of carbonyl (C=O) groups is 3. The van der Waals surface area contributed by atoms with Crippen molar-refractivity contribution < 1.29 is 14.4 Å². The van der Waals surface area contributed by atoms with Gasteiger partial charge in [-0.3, -0.25) is 14.4 Å². The molecule has 3 rings (SSSR count). The van der Waals surface area contributed by atoms with Crippen LogP contribution in [-0.2, 0) is 16.0 Å². The second-order valence-electron chi connectivity index (χ2n) is 5.16. The first kappa shape index (κ1) is 11.3. The van der Waals surface area contributed by atoms with E-state index in [4.69, 9.17) is 0 Å². The highest BCUT2D eigenvalue weighted by molar-refractivity contribution is 6.08. The summed E-state index contributed by atoms with van der Waals surface area (Å²) in [7, 11) is 0. The fourth-order valence-corrected chi connectivity index (χ4v) is 3.11. The van der Waals surface area contributed by atoms with Crippen LogP contribution in [0, 0.1) is 11.8 Å². The SMILES string of the molecule is O=C1CCC(C2Cc3ccccc3C2=O)C(=O)C1. The Morgan fingerprint density at radius 3 is 2.50 bits per heavy atom. The van der Waals surface area contributed by atoms with Gasteiger partial charge in [0.1, 0.15) is 11.6 Å². The number of ketones is 3. The van der Waals surface area contributed by atoms with Crippen LogP contribution < -0.4 is 0 Å². The molecule has 3 heteroatoms. The van der Waals surface area contributed by atoms with Crippen molar-refractivity contribution in [2.24, 2.45) is 11.8 Å². The fourth-order valence-electron chi connectivity index (χ4n) is 3.11. The molecule has 0 spiro atoms. The number of hydrogen-bond donors (Lipinski definition) is 0. The lowest BCUT2D eigenvalue weighted by Gasteiger charge is -2.24. The van der Waals surface area contributed by atoms with Gasteiger partial charge in [0.25, 0.3) is 0 Å². The van der Waals surface area contributed by atoms with Crippen LogP contribution in [0.15, 0.2) is 24.3 Å². The van der Waals surface area contributed by atoms with Crippen molar-refractivity contribution in [1.29, 1.82) is 0 Å². The monoisotopic (exact) mass is 242 g/mol. The number of benzene rings is 1. The van der Waals surface area contributed by atoms with Gasteiger partial charge >= 0.3 is 0 Å². The first-order chi connectivity index (χ1) is 8.66. The van der Waals surface area contributed by atoms with Gasteiger partial charge in [0, 0.05) is 23.8 Å². The zero-order valence-electron chi connectivity index (χ0n) is 10.0. The molecule has 1 fully saturated rings. The molecular weight excluding hydrogens is 228 g/mol. The summed E-state index contributed by atoms with van der Waals surface area (Å²) in [5.74, 6) is -0.430. The highest BCUT2D eigenvalue weighted by Crippen LogP contribution is 2.36. The predicted molar refractivity (Wildman–Crippen MR) is 65.3 cm³/mol. The molecular formula is C15H14O3. The third kappa shape index (κ3) is 1.70. The summed E-state index contributed by atoms with van der Waals surface area (Å²) in [4.78, 5) is 35.4. The summed E-state index contributed by atoms with van der Waals surface area (Å²) in [5.41, 5.74) is 1.80. The normalized spacial score (nSPS) is 27.4. The van der Waals surface area contributed by atoms with Gasteiger partial charge in [-0.2, -0.15) is 0 Å². The molecule has 0 N–H and O–H groups in total. The highest BCUT2D eigenvalue weighted by Gasteiger charge is 2.41. The number of Topliss-reactive ketones (excluding diaryl/α,β-unsaturated/α-hetero) is 3. The van der Waals surface area contributed by atoms with E-state index >= 15 is 0 Å². The Morgan fingerprint density at radius 1 is 1.00 bits per heavy atom.